The van der Waals surface area contributed by atoms with Crippen molar-refractivity contribution in [1.29, 1.82) is 0 Å². The molecule has 0 aliphatic heterocycles. The van der Waals surface area contributed by atoms with Gasteiger partial charge in [-0.2, -0.15) is 0 Å². The summed E-state index contributed by atoms with van der Waals surface area (Å²) in [7, 11) is 0. The van der Waals surface area contributed by atoms with Gasteiger partial charge in [0.25, 0.3) is 5.91 Å². The predicted octanol–water partition coefficient (Wildman–Crippen LogP) is 2.89. The van der Waals surface area contributed by atoms with Crippen LogP contribution in [-0.4, -0.2) is 35.7 Å². The third-order valence-electron chi connectivity index (χ3n) is 3.76. The maximum absolute atomic E-state index is 12.3. The van der Waals surface area contributed by atoms with Crippen LogP contribution >= 0.6 is 0 Å². The highest BCUT2D eigenvalue weighted by atomic mass is 16.5. The van der Waals surface area contributed by atoms with Crippen LogP contribution in [-0.2, 0) is 9.53 Å². The highest BCUT2D eigenvalue weighted by Crippen LogP contribution is 2.29. The van der Waals surface area contributed by atoms with Gasteiger partial charge in [0.1, 0.15) is 5.52 Å². The molecule has 1 aromatic heterocycles. The minimum Gasteiger partial charge on any atom is -0.452 e. The number of amides is 3. The van der Waals surface area contributed by atoms with Crippen LogP contribution in [0, 0.1) is 0 Å². The normalized spacial score (nSPS) is 10.7. The fraction of sp³-hybridized carbons (Fsp3) is 0.200. The Bertz CT molecular complexity index is 1010. The average molecular weight is 381 g/mol. The van der Waals surface area contributed by atoms with Crippen molar-refractivity contribution in [3.05, 3.63) is 54.1 Å². The van der Waals surface area contributed by atoms with Gasteiger partial charge < -0.3 is 14.6 Å². The molecule has 0 spiro atoms. The Morgan fingerprint density at radius 1 is 1.11 bits per heavy atom. The number of imide groups is 1. The van der Waals surface area contributed by atoms with E-state index in [9.17, 15) is 14.4 Å². The fourth-order valence-electron chi connectivity index (χ4n) is 2.54. The van der Waals surface area contributed by atoms with Crippen LogP contribution in [0.1, 0.15) is 24.2 Å². The summed E-state index contributed by atoms with van der Waals surface area (Å²) in [5, 5.41) is 9.23. The van der Waals surface area contributed by atoms with E-state index in [1.807, 2.05) is 30.3 Å². The summed E-state index contributed by atoms with van der Waals surface area (Å²) in [6.45, 7) is 2.95. The Morgan fingerprint density at radius 3 is 2.57 bits per heavy atom. The van der Waals surface area contributed by atoms with Gasteiger partial charge in [0.05, 0.1) is 10.9 Å². The van der Waals surface area contributed by atoms with Gasteiger partial charge in [-0.15, -0.1) is 0 Å². The first kappa shape index (κ1) is 19.1. The molecule has 8 nitrogen and oxygen atoms in total. The van der Waals surface area contributed by atoms with E-state index in [-0.39, 0.29) is 11.6 Å². The molecule has 0 fully saturated rings. The lowest BCUT2D eigenvalue weighted by Crippen LogP contribution is -2.44. The number of carbonyl (C=O) groups is 3. The van der Waals surface area contributed by atoms with Crippen molar-refractivity contribution in [2.45, 2.75) is 19.9 Å². The summed E-state index contributed by atoms with van der Waals surface area (Å²) >= 11 is 0. The van der Waals surface area contributed by atoms with E-state index < -0.39 is 24.5 Å². The molecule has 144 valence electrons. The van der Waals surface area contributed by atoms with Crippen LogP contribution in [0.5, 0.6) is 0 Å². The number of benzene rings is 2. The molecule has 3 amide bonds. The van der Waals surface area contributed by atoms with Crippen molar-refractivity contribution in [3.8, 4) is 11.3 Å². The van der Waals surface area contributed by atoms with E-state index in [1.54, 1.807) is 26.0 Å². The molecule has 0 aliphatic rings. The summed E-state index contributed by atoms with van der Waals surface area (Å²) in [5.41, 5.74) is 1.66. The smallest absolute Gasteiger partial charge is 0.338 e. The standard InChI is InChI=1S/C20H19N3O5/c1-12(2)21-20(26)22-17(24)11-27-19(25)14-8-9-16-15(10-14)18(28-23-16)13-6-4-3-5-7-13/h3-10,12H,11H2,1-2H3,(H2,21,22,24,26). The summed E-state index contributed by atoms with van der Waals surface area (Å²) in [4.78, 5) is 35.4. The highest BCUT2D eigenvalue weighted by Gasteiger charge is 2.16. The van der Waals surface area contributed by atoms with Crippen molar-refractivity contribution in [2.24, 2.45) is 0 Å². The molecule has 2 N–H and O–H groups in total. The van der Waals surface area contributed by atoms with Crippen LogP contribution in [0.25, 0.3) is 22.2 Å². The minimum atomic E-state index is -0.720. The van der Waals surface area contributed by atoms with Crippen molar-refractivity contribution < 1.29 is 23.6 Å². The molecule has 0 saturated heterocycles. The number of hydrogen-bond donors (Lipinski definition) is 2. The predicted molar refractivity (Wildman–Crippen MR) is 102 cm³/mol. The number of nitrogens with zero attached hydrogens (tertiary/aromatic N) is 1. The number of hydrogen-bond acceptors (Lipinski definition) is 6. The van der Waals surface area contributed by atoms with Gasteiger partial charge in [-0.1, -0.05) is 35.5 Å². The van der Waals surface area contributed by atoms with Crippen molar-refractivity contribution in [1.82, 2.24) is 15.8 Å². The second kappa shape index (κ2) is 8.34. The van der Waals surface area contributed by atoms with Gasteiger partial charge in [0.15, 0.2) is 12.4 Å². The van der Waals surface area contributed by atoms with Crippen LogP contribution in [0.2, 0.25) is 0 Å². The zero-order valence-corrected chi connectivity index (χ0v) is 15.4. The first-order chi connectivity index (χ1) is 13.4. The highest BCUT2D eigenvalue weighted by molar-refractivity contribution is 6.00. The molecule has 1 heterocycles. The number of ether oxygens (including phenoxy) is 1. The van der Waals surface area contributed by atoms with E-state index in [2.05, 4.69) is 15.8 Å². The number of nitrogens with one attached hydrogen (secondary N) is 2. The van der Waals surface area contributed by atoms with Gasteiger partial charge in [-0.25, -0.2) is 9.59 Å². The second-order valence-electron chi connectivity index (χ2n) is 6.36. The molecular formula is C20H19N3O5. The third kappa shape index (κ3) is 4.53. The topological polar surface area (TPSA) is 111 Å². The lowest BCUT2D eigenvalue weighted by Gasteiger charge is -2.09. The molecule has 0 unspecified atom stereocenters. The molecule has 0 bridgehead atoms. The van der Waals surface area contributed by atoms with Crippen LogP contribution < -0.4 is 10.6 Å². The van der Waals surface area contributed by atoms with E-state index in [0.29, 0.717) is 16.7 Å². The lowest BCUT2D eigenvalue weighted by atomic mass is 10.1. The zero-order valence-electron chi connectivity index (χ0n) is 15.4. The Balaban J connectivity index is 1.69. The number of esters is 1. The molecule has 0 saturated carbocycles. The largest absolute Gasteiger partial charge is 0.452 e. The van der Waals surface area contributed by atoms with Crippen LogP contribution in [0.4, 0.5) is 4.79 Å². The molecule has 0 aliphatic carbocycles. The fourth-order valence-corrected chi connectivity index (χ4v) is 2.54. The van der Waals surface area contributed by atoms with Crippen LogP contribution in [0.3, 0.4) is 0 Å². The molecule has 0 radical (unpaired) electrons. The SMILES string of the molecule is CC(C)NC(=O)NC(=O)COC(=O)c1ccc2noc(-c3ccccc3)c2c1. The molecule has 0 atom stereocenters. The number of urea groups is 1. The molecule has 3 aromatic rings. The number of carbonyl (C=O) groups excluding carboxylic acids is 3. The van der Waals surface area contributed by atoms with Gasteiger partial charge in [-0.05, 0) is 32.0 Å². The maximum atomic E-state index is 12.3. The van der Waals surface area contributed by atoms with E-state index in [4.69, 9.17) is 9.26 Å². The summed E-state index contributed by atoms with van der Waals surface area (Å²) in [6, 6.07) is 13.4. The maximum Gasteiger partial charge on any atom is 0.338 e. The first-order valence-electron chi connectivity index (χ1n) is 8.66. The van der Waals surface area contributed by atoms with Crippen molar-refractivity contribution in [3.63, 3.8) is 0 Å². The Labute approximate surface area is 160 Å². The van der Waals surface area contributed by atoms with E-state index in [1.165, 1.54) is 6.07 Å². The van der Waals surface area contributed by atoms with Crippen molar-refractivity contribution in [2.75, 3.05) is 6.61 Å². The molecular weight excluding hydrogens is 362 g/mol. The summed E-state index contributed by atoms with van der Waals surface area (Å²) in [6.07, 6.45) is 0. The van der Waals surface area contributed by atoms with Gasteiger partial charge in [-0.3, -0.25) is 10.1 Å². The average Bonchev–Trinajstić information content (AvgIpc) is 3.09. The lowest BCUT2D eigenvalue weighted by molar-refractivity contribution is -0.123. The van der Waals surface area contributed by atoms with Gasteiger partial charge in [0, 0.05) is 11.6 Å². The molecule has 3 rings (SSSR count). The Hall–Kier alpha value is -3.68. The van der Waals surface area contributed by atoms with Crippen LogP contribution in [0.15, 0.2) is 53.1 Å². The number of fused-ring (bicyclic) bond motifs is 1. The van der Waals surface area contributed by atoms with E-state index >= 15 is 0 Å². The van der Waals surface area contributed by atoms with Gasteiger partial charge in [0.2, 0.25) is 0 Å². The Kier molecular flexibility index (Phi) is 5.69. The Morgan fingerprint density at radius 2 is 1.86 bits per heavy atom. The molecule has 8 heteroatoms. The minimum absolute atomic E-state index is 0.121. The van der Waals surface area contributed by atoms with Crippen molar-refractivity contribution >= 4 is 28.8 Å². The zero-order chi connectivity index (χ0) is 20.1. The number of rotatable bonds is 5. The first-order valence-corrected chi connectivity index (χ1v) is 8.66. The molecule has 2 aromatic carbocycles. The van der Waals surface area contributed by atoms with E-state index in [0.717, 1.165) is 5.56 Å². The second-order valence-corrected chi connectivity index (χ2v) is 6.36. The third-order valence-corrected chi connectivity index (χ3v) is 3.76. The van der Waals surface area contributed by atoms with Gasteiger partial charge >= 0.3 is 12.0 Å². The number of aromatic nitrogens is 1. The monoisotopic (exact) mass is 381 g/mol. The quantitative estimate of drug-likeness (QED) is 0.658. The molecule has 28 heavy (non-hydrogen) atoms. The summed E-state index contributed by atoms with van der Waals surface area (Å²) < 4.78 is 10.4. The summed E-state index contributed by atoms with van der Waals surface area (Å²) in [5.74, 6) is -0.877.